The maximum atomic E-state index is 13.1. The molecule has 5 nitrogen and oxygen atoms in total. The molecule has 26 heavy (non-hydrogen) atoms. The smallest absolute Gasteiger partial charge is 0.315 e. The summed E-state index contributed by atoms with van der Waals surface area (Å²) in [5, 5.41) is 5.60. The number of hydrogen-bond donors (Lipinski definition) is 2. The predicted molar refractivity (Wildman–Crippen MR) is 101 cm³/mol. The zero-order valence-electron chi connectivity index (χ0n) is 14.9. The average molecular weight is 356 g/mol. The Bertz CT molecular complexity index is 714. The van der Waals surface area contributed by atoms with E-state index in [-0.39, 0.29) is 11.8 Å². The maximum Gasteiger partial charge on any atom is 0.315 e. The van der Waals surface area contributed by atoms with Gasteiger partial charge in [-0.2, -0.15) is 0 Å². The Kier molecular flexibility index (Phi) is 6.41. The molecule has 3 rings (SSSR count). The first-order valence-electron chi connectivity index (χ1n) is 9.17. The van der Waals surface area contributed by atoms with Gasteiger partial charge in [-0.25, -0.2) is 14.2 Å². The van der Waals surface area contributed by atoms with E-state index in [1.165, 1.54) is 31.4 Å². The van der Waals surface area contributed by atoms with Gasteiger partial charge in [0.1, 0.15) is 11.6 Å². The zero-order chi connectivity index (χ0) is 18.2. The Morgan fingerprint density at radius 2 is 1.92 bits per heavy atom. The Balaban J connectivity index is 1.38. The summed E-state index contributed by atoms with van der Waals surface area (Å²) in [7, 11) is 0. The average Bonchev–Trinajstić information content (AvgIpc) is 2.68. The van der Waals surface area contributed by atoms with Crippen LogP contribution >= 0.6 is 0 Å². The summed E-state index contributed by atoms with van der Waals surface area (Å²) >= 11 is 0. The molecule has 1 aromatic carbocycles. The first-order chi connectivity index (χ1) is 12.7. The lowest BCUT2D eigenvalue weighted by Crippen LogP contribution is -2.36. The molecule has 1 aromatic heterocycles. The van der Waals surface area contributed by atoms with Crippen LogP contribution < -0.4 is 15.5 Å². The van der Waals surface area contributed by atoms with Crippen molar-refractivity contribution in [3.8, 4) is 0 Å². The molecule has 0 bridgehead atoms. The molecule has 1 aliphatic heterocycles. The van der Waals surface area contributed by atoms with Gasteiger partial charge in [-0.1, -0.05) is 18.2 Å². The third-order valence-electron chi connectivity index (χ3n) is 4.53. The van der Waals surface area contributed by atoms with Crippen molar-refractivity contribution in [3.05, 3.63) is 59.5 Å². The molecule has 1 aliphatic rings. The number of hydrogen-bond acceptors (Lipinski definition) is 3. The third kappa shape index (κ3) is 5.44. The Morgan fingerprint density at radius 1 is 1.08 bits per heavy atom. The van der Waals surface area contributed by atoms with E-state index in [1.807, 2.05) is 24.4 Å². The van der Waals surface area contributed by atoms with Gasteiger partial charge < -0.3 is 15.5 Å². The first-order valence-corrected chi connectivity index (χ1v) is 9.17. The second-order valence-corrected chi connectivity index (χ2v) is 6.56. The van der Waals surface area contributed by atoms with E-state index in [1.54, 1.807) is 6.07 Å². The van der Waals surface area contributed by atoms with Crippen molar-refractivity contribution in [2.75, 3.05) is 24.5 Å². The second-order valence-electron chi connectivity index (χ2n) is 6.56. The molecule has 0 spiro atoms. The van der Waals surface area contributed by atoms with Crippen molar-refractivity contribution in [3.63, 3.8) is 0 Å². The van der Waals surface area contributed by atoms with Crippen molar-refractivity contribution >= 4 is 11.8 Å². The van der Waals surface area contributed by atoms with Gasteiger partial charge in [0.15, 0.2) is 0 Å². The molecule has 0 atom stereocenters. The van der Waals surface area contributed by atoms with Gasteiger partial charge in [0.25, 0.3) is 0 Å². The lowest BCUT2D eigenvalue weighted by molar-refractivity contribution is 0.240. The molecule has 0 radical (unpaired) electrons. The number of halogens is 1. The lowest BCUT2D eigenvalue weighted by Gasteiger charge is -2.27. The summed E-state index contributed by atoms with van der Waals surface area (Å²) in [6.45, 7) is 3.02. The van der Waals surface area contributed by atoms with Crippen molar-refractivity contribution in [2.45, 2.75) is 32.2 Å². The third-order valence-corrected chi connectivity index (χ3v) is 4.53. The summed E-state index contributed by atoms with van der Waals surface area (Å²) in [5.41, 5.74) is 1.83. The van der Waals surface area contributed by atoms with E-state index in [0.717, 1.165) is 30.0 Å². The lowest BCUT2D eigenvalue weighted by atomic mass is 10.1. The Morgan fingerprint density at radius 3 is 2.65 bits per heavy atom. The van der Waals surface area contributed by atoms with Gasteiger partial charge in [-0.05, 0) is 55.0 Å². The van der Waals surface area contributed by atoms with Crippen LogP contribution in [0.15, 0.2) is 42.6 Å². The Labute approximate surface area is 153 Å². The minimum atomic E-state index is -0.257. The van der Waals surface area contributed by atoms with Crippen LogP contribution in [0.4, 0.5) is 15.0 Å². The van der Waals surface area contributed by atoms with Crippen LogP contribution in [0.1, 0.15) is 30.4 Å². The summed E-state index contributed by atoms with van der Waals surface area (Å²) in [6, 6.07) is 10.2. The van der Waals surface area contributed by atoms with Crippen molar-refractivity contribution in [2.24, 2.45) is 0 Å². The number of carbonyl (C=O) groups is 1. The zero-order valence-corrected chi connectivity index (χ0v) is 14.9. The molecule has 2 N–H and O–H groups in total. The van der Waals surface area contributed by atoms with Crippen LogP contribution in [0, 0.1) is 5.82 Å². The van der Waals surface area contributed by atoms with Crippen molar-refractivity contribution in [1.29, 1.82) is 0 Å². The van der Waals surface area contributed by atoms with Gasteiger partial charge in [0, 0.05) is 32.4 Å². The maximum absolute atomic E-state index is 13.1. The number of piperidine rings is 1. The number of nitrogens with one attached hydrogen (secondary N) is 2. The number of aromatic nitrogens is 1. The molecule has 0 unspecified atom stereocenters. The molecule has 2 aromatic rings. The number of rotatable bonds is 6. The highest BCUT2D eigenvalue weighted by atomic mass is 19.1. The first kappa shape index (κ1) is 18.2. The number of nitrogens with zero attached hydrogens (tertiary/aromatic N) is 2. The fraction of sp³-hybridized carbons (Fsp3) is 0.400. The normalized spacial score (nSPS) is 14.1. The minimum absolute atomic E-state index is 0.235. The molecule has 6 heteroatoms. The summed E-state index contributed by atoms with van der Waals surface area (Å²) in [6.07, 6.45) is 6.16. The Hall–Kier alpha value is -2.63. The van der Waals surface area contributed by atoms with Crippen LogP contribution in [0.25, 0.3) is 0 Å². The molecule has 0 saturated carbocycles. The molecule has 1 fully saturated rings. The van der Waals surface area contributed by atoms with Crippen LogP contribution in [-0.4, -0.2) is 30.6 Å². The highest BCUT2D eigenvalue weighted by molar-refractivity contribution is 5.73. The summed E-state index contributed by atoms with van der Waals surface area (Å²) < 4.78 is 13.1. The number of benzene rings is 1. The van der Waals surface area contributed by atoms with Crippen molar-refractivity contribution < 1.29 is 9.18 Å². The van der Waals surface area contributed by atoms with Crippen molar-refractivity contribution in [1.82, 2.24) is 15.6 Å². The van der Waals surface area contributed by atoms with Gasteiger partial charge in [-0.3, -0.25) is 0 Å². The molecular formula is C20H25FN4O. The fourth-order valence-electron chi connectivity index (χ4n) is 3.09. The summed E-state index contributed by atoms with van der Waals surface area (Å²) in [5.74, 6) is 0.750. The molecular weight excluding hydrogens is 331 g/mol. The van der Waals surface area contributed by atoms with Crippen LogP contribution in [0.3, 0.4) is 0 Å². The minimum Gasteiger partial charge on any atom is -0.357 e. The van der Waals surface area contributed by atoms with E-state index in [2.05, 4.69) is 20.5 Å². The molecule has 2 amide bonds. The van der Waals surface area contributed by atoms with E-state index in [4.69, 9.17) is 0 Å². The van der Waals surface area contributed by atoms with Crippen LogP contribution in [0.2, 0.25) is 0 Å². The van der Waals surface area contributed by atoms with Gasteiger partial charge in [0.2, 0.25) is 0 Å². The largest absolute Gasteiger partial charge is 0.357 e. The van der Waals surface area contributed by atoms with E-state index < -0.39 is 0 Å². The number of pyridine rings is 1. The molecule has 2 heterocycles. The summed E-state index contributed by atoms with van der Waals surface area (Å²) in [4.78, 5) is 18.7. The predicted octanol–water partition coefficient (Wildman–Crippen LogP) is 3.25. The van der Waals surface area contributed by atoms with E-state index >= 15 is 0 Å². The quantitative estimate of drug-likeness (QED) is 0.835. The van der Waals surface area contributed by atoms with E-state index in [9.17, 15) is 9.18 Å². The highest BCUT2D eigenvalue weighted by Crippen LogP contribution is 2.17. The fourth-order valence-corrected chi connectivity index (χ4v) is 3.09. The molecule has 138 valence electrons. The SMILES string of the molecule is O=C(NCCc1cccc(F)c1)NCc1ccc(N2CCCCC2)nc1. The number of anilines is 1. The molecule has 1 saturated heterocycles. The van der Waals surface area contributed by atoms with Gasteiger partial charge >= 0.3 is 6.03 Å². The monoisotopic (exact) mass is 356 g/mol. The topological polar surface area (TPSA) is 57.3 Å². The van der Waals surface area contributed by atoms with Gasteiger partial charge in [0.05, 0.1) is 0 Å². The number of urea groups is 1. The number of amides is 2. The highest BCUT2D eigenvalue weighted by Gasteiger charge is 2.11. The van der Waals surface area contributed by atoms with Gasteiger partial charge in [-0.15, -0.1) is 0 Å². The molecule has 0 aliphatic carbocycles. The van der Waals surface area contributed by atoms with Crippen LogP contribution in [0.5, 0.6) is 0 Å². The second kappa shape index (κ2) is 9.17. The van der Waals surface area contributed by atoms with Crippen LogP contribution in [-0.2, 0) is 13.0 Å². The standard InChI is InChI=1S/C20H25FN4O/c21-18-6-4-5-16(13-18)9-10-22-20(26)24-15-17-7-8-19(23-14-17)25-11-2-1-3-12-25/h4-8,13-14H,1-3,9-12,15H2,(H2,22,24,26). The number of carbonyl (C=O) groups excluding carboxylic acids is 1. The van der Waals surface area contributed by atoms with E-state index in [0.29, 0.717) is 19.5 Å².